The van der Waals surface area contributed by atoms with Gasteiger partial charge in [0.25, 0.3) is 0 Å². The van der Waals surface area contributed by atoms with Crippen molar-refractivity contribution in [2.75, 3.05) is 4.90 Å². The van der Waals surface area contributed by atoms with Crippen molar-refractivity contribution in [1.82, 2.24) is 5.32 Å². The van der Waals surface area contributed by atoms with Crippen LogP contribution in [0.2, 0.25) is 0 Å². The van der Waals surface area contributed by atoms with E-state index in [2.05, 4.69) is 186 Å². The number of benzene rings is 7. The first-order chi connectivity index (χ1) is 23.8. The molecule has 3 heteroatoms. The number of hydrogen-bond acceptors (Lipinski definition) is 3. The highest BCUT2D eigenvalue weighted by Gasteiger charge is 2.51. The number of para-hydroxylation sites is 4. The maximum absolute atomic E-state index is 5.19. The molecule has 0 aromatic heterocycles. The zero-order valence-electron chi connectivity index (χ0n) is 26.2. The molecule has 10 rings (SSSR count). The Hall–Kier alpha value is -6.19. The van der Waals surface area contributed by atoms with Gasteiger partial charge in [-0.3, -0.25) is 0 Å². The number of amidine groups is 1. The van der Waals surface area contributed by atoms with Gasteiger partial charge in [0.1, 0.15) is 5.84 Å². The summed E-state index contributed by atoms with van der Waals surface area (Å²) in [4.78, 5) is 7.61. The number of anilines is 3. The molecule has 1 spiro atoms. The molecule has 0 bridgehead atoms. The molecule has 7 aromatic rings. The van der Waals surface area contributed by atoms with E-state index >= 15 is 0 Å². The van der Waals surface area contributed by atoms with E-state index in [0.29, 0.717) is 0 Å². The Morgan fingerprint density at radius 3 is 1.83 bits per heavy atom. The molecule has 0 saturated carbocycles. The van der Waals surface area contributed by atoms with E-state index in [1.54, 1.807) is 0 Å². The van der Waals surface area contributed by atoms with Crippen molar-refractivity contribution in [3.63, 3.8) is 0 Å². The van der Waals surface area contributed by atoms with Crippen LogP contribution < -0.4 is 10.2 Å². The summed E-state index contributed by atoms with van der Waals surface area (Å²) in [5, 5.41) is 3.83. The summed E-state index contributed by atoms with van der Waals surface area (Å²) >= 11 is 0. The van der Waals surface area contributed by atoms with Crippen molar-refractivity contribution in [2.45, 2.75) is 11.5 Å². The maximum atomic E-state index is 5.19. The Bertz CT molecular complexity index is 2340. The maximum Gasteiger partial charge on any atom is 0.134 e. The minimum absolute atomic E-state index is 0.0165. The molecule has 3 aliphatic rings. The Balaban J connectivity index is 1.20. The molecule has 0 saturated heterocycles. The van der Waals surface area contributed by atoms with Gasteiger partial charge in [0, 0.05) is 16.8 Å². The van der Waals surface area contributed by atoms with Crippen LogP contribution >= 0.6 is 0 Å². The first kappa shape index (κ1) is 27.0. The van der Waals surface area contributed by atoms with Gasteiger partial charge >= 0.3 is 0 Å². The number of aliphatic imine (C=N–C) groups is 1. The molecule has 7 aromatic carbocycles. The highest BCUT2D eigenvalue weighted by atomic mass is 15.2. The molecular weight excluding hydrogens is 583 g/mol. The number of nitrogens with zero attached hydrogens (tertiary/aromatic N) is 2. The van der Waals surface area contributed by atoms with Crippen LogP contribution in [0.25, 0.3) is 11.1 Å². The Kier molecular flexibility index (Phi) is 5.85. The summed E-state index contributed by atoms with van der Waals surface area (Å²) in [6, 6.07) is 63.8. The van der Waals surface area contributed by atoms with Crippen molar-refractivity contribution in [3.05, 3.63) is 215 Å². The van der Waals surface area contributed by atoms with E-state index in [4.69, 9.17) is 4.99 Å². The third-order valence-electron chi connectivity index (χ3n) is 10.3. The van der Waals surface area contributed by atoms with Crippen molar-refractivity contribution < 1.29 is 0 Å². The molecule has 1 unspecified atom stereocenters. The van der Waals surface area contributed by atoms with Gasteiger partial charge in [-0.1, -0.05) is 140 Å². The lowest BCUT2D eigenvalue weighted by Crippen LogP contribution is -2.36. The fourth-order valence-electron chi connectivity index (χ4n) is 8.37. The smallest absolute Gasteiger partial charge is 0.134 e. The molecule has 3 nitrogen and oxygen atoms in total. The Labute approximate surface area is 280 Å². The van der Waals surface area contributed by atoms with Crippen LogP contribution in [-0.2, 0) is 5.41 Å². The third kappa shape index (κ3) is 3.73. The monoisotopic (exact) mass is 613 g/mol. The SMILES string of the molecule is c1ccc(C2NC(c3ccc4c(c3)-c3ccccc3C43c4ccccc4N(c4ccccc4)c4ccccc43)=Nc3ccccc32)cc1. The second-order valence-corrected chi connectivity index (χ2v) is 12.8. The average Bonchev–Trinajstić information content (AvgIpc) is 3.45. The van der Waals surface area contributed by atoms with Gasteiger partial charge in [-0.05, 0) is 75.3 Å². The summed E-state index contributed by atoms with van der Waals surface area (Å²) in [6.45, 7) is 0. The summed E-state index contributed by atoms with van der Waals surface area (Å²) < 4.78 is 0. The molecule has 1 aliphatic carbocycles. The number of nitrogens with one attached hydrogen (secondary N) is 1. The topological polar surface area (TPSA) is 27.6 Å². The van der Waals surface area contributed by atoms with Crippen molar-refractivity contribution in [2.24, 2.45) is 4.99 Å². The van der Waals surface area contributed by atoms with Crippen LogP contribution in [-0.4, -0.2) is 5.84 Å². The van der Waals surface area contributed by atoms with E-state index in [0.717, 1.165) is 22.8 Å². The zero-order valence-corrected chi connectivity index (χ0v) is 26.2. The first-order valence-corrected chi connectivity index (χ1v) is 16.6. The predicted octanol–water partition coefficient (Wildman–Crippen LogP) is 10.6. The summed E-state index contributed by atoms with van der Waals surface area (Å²) in [6.07, 6.45) is 0. The Morgan fingerprint density at radius 2 is 1.08 bits per heavy atom. The van der Waals surface area contributed by atoms with Crippen LogP contribution in [0.4, 0.5) is 22.7 Å². The second kappa shape index (κ2) is 10.4. The molecule has 1 N–H and O–H groups in total. The highest BCUT2D eigenvalue weighted by Crippen LogP contribution is 2.63. The average molecular weight is 614 g/mol. The van der Waals surface area contributed by atoms with Crippen LogP contribution in [0, 0.1) is 0 Å². The quantitative estimate of drug-likeness (QED) is 0.215. The van der Waals surface area contributed by atoms with Gasteiger partial charge < -0.3 is 10.2 Å². The molecule has 0 radical (unpaired) electrons. The summed E-state index contributed by atoms with van der Waals surface area (Å²) in [7, 11) is 0. The standard InChI is InChI=1S/C45H31N3/c1-3-15-30(16-4-1)43-34-20-8-12-24-40(34)46-44(47-43)31-27-28-37-35(29-31)33-19-7-9-21-36(33)45(37)38-22-10-13-25-41(38)48(32-17-5-2-6-18-32)42-26-14-11-23-39(42)45/h1-29,43H,(H,46,47). The van der Waals surface area contributed by atoms with Crippen LogP contribution in [0.5, 0.6) is 0 Å². The van der Waals surface area contributed by atoms with Gasteiger partial charge in [0.15, 0.2) is 0 Å². The normalized spacial score (nSPS) is 16.1. The summed E-state index contributed by atoms with van der Waals surface area (Å²) in [5.74, 6) is 0.892. The van der Waals surface area contributed by atoms with E-state index < -0.39 is 5.41 Å². The molecule has 0 fully saturated rings. The molecule has 1 atom stereocenters. The van der Waals surface area contributed by atoms with Crippen LogP contribution in [0.1, 0.15) is 45.0 Å². The van der Waals surface area contributed by atoms with Gasteiger partial charge in [-0.15, -0.1) is 0 Å². The van der Waals surface area contributed by atoms with Crippen molar-refractivity contribution in [1.29, 1.82) is 0 Å². The first-order valence-electron chi connectivity index (χ1n) is 16.6. The van der Waals surface area contributed by atoms with Gasteiger partial charge in [-0.25, -0.2) is 4.99 Å². The lowest BCUT2D eigenvalue weighted by molar-refractivity contribution is 0.747. The fourth-order valence-corrected chi connectivity index (χ4v) is 8.37. The largest absolute Gasteiger partial charge is 0.359 e. The fraction of sp³-hybridized carbons (Fsp3) is 0.0444. The van der Waals surface area contributed by atoms with Gasteiger partial charge in [-0.2, -0.15) is 0 Å². The van der Waals surface area contributed by atoms with Gasteiger partial charge in [0.2, 0.25) is 0 Å². The summed E-state index contributed by atoms with van der Waals surface area (Å²) in [5.41, 5.74) is 15.3. The van der Waals surface area contributed by atoms with Crippen molar-refractivity contribution >= 4 is 28.6 Å². The third-order valence-corrected chi connectivity index (χ3v) is 10.3. The van der Waals surface area contributed by atoms with E-state index in [9.17, 15) is 0 Å². The number of fused-ring (bicyclic) bond motifs is 10. The van der Waals surface area contributed by atoms with E-state index in [1.807, 2.05) is 0 Å². The molecule has 48 heavy (non-hydrogen) atoms. The van der Waals surface area contributed by atoms with Gasteiger partial charge in [0.05, 0.1) is 28.5 Å². The lowest BCUT2D eigenvalue weighted by atomic mass is 9.64. The minimum atomic E-state index is -0.468. The van der Waals surface area contributed by atoms with Crippen LogP contribution in [0.15, 0.2) is 181 Å². The second-order valence-electron chi connectivity index (χ2n) is 12.8. The predicted molar refractivity (Wildman–Crippen MR) is 196 cm³/mol. The van der Waals surface area contributed by atoms with Crippen molar-refractivity contribution in [3.8, 4) is 11.1 Å². The molecule has 226 valence electrons. The van der Waals surface area contributed by atoms with E-state index in [-0.39, 0.29) is 6.04 Å². The molecule has 2 aliphatic heterocycles. The highest BCUT2D eigenvalue weighted by molar-refractivity contribution is 6.05. The van der Waals surface area contributed by atoms with E-state index in [1.165, 1.54) is 55.9 Å². The lowest BCUT2D eigenvalue weighted by Gasteiger charge is -2.45. The van der Waals surface area contributed by atoms with Crippen LogP contribution in [0.3, 0.4) is 0 Å². The number of hydrogen-bond donors (Lipinski definition) is 1. The number of rotatable bonds is 3. The zero-order chi connectivity index (χ0) is 31.7. The Morgan fingerprint density at radius 1 is 0.500 bits per heavy atom. The molecular formula is C45H31N3. The minimum Gasteiger partial charge on any atom is -0.359 e. The molecule has 2 heterocycles. The molecule has 0 amide bonds.